The van der Waals surface area contributed by atoms with Crippen molar-refractivity contribution in [1.82, 2.24) is 19.7 Å². The number of nitrogens with two attached hydrogens (primary N) is 2. The van der Waals surface area contributed by atoms with E-state index in [1.165, 1.54) is 11.0 Å². The number of aromatic nitrogens is 4. The Morgan fingerprint density at radius 2 is 2.08 bits per heavy atom. The Bertz CT molecular complexity index is 855. The van der Waals surface area contributed by atoms with E-state index in [2.05, 4.69) is 15.1 Å². The van der Waals surface area contributed by atoms with Crippen LogP contribution in [0.2, 0.25) is 0 Å². The van der Waals surface area contributed by atoms with Gasteiger partial charge < -0.3 is 30.8 Å². The molecule has 0 amide bonds. The SMILES string of the molecule is CC1(C)O[C@@H]2[C@H](O1)[C@@H](CO)O[C@H]2n1nc(C(N)=S)c2c(N)ncnc21. The van der Waals surface area contributed by atoms with Crippen LogP contribution < -0.4 is 11.5 Å². The van der Waals surface area contributed by atoms with Gasteiger partial charge in [0.25, 0.3) is 0 Å². The summed E-state index contributed by atoms with van der Waals surface area (Å²) >= 11 is 5.07. The van der Waals surface area contributed by atoms with E-state index in [1.807, 2.05) is 0 Å². The molecule has 4 heterocycles. The standard InChI is InChI=1S/C14H18N6O4S/c1-14(2)23-8-5(3-21)22-13(9(8)24-14)20-12-6(7(19-20)11(16)25)10(15)17-4-18-12/h4-5,8-9,13,21H,3H2,1-2H3,(H2,16,25)(H2,15,17,18)/t5-,8-,9-,13-/m1/s1. The number of anilines is 1. The molecule has 0 bridgehead atoms. The summed E-state index contributed by atoms with van der Waals surface area (Å²) in [7, 11) is 0. The number of aliphatic hydroxyl groups excluding tert-OH is 1. The molecular weight excluding hydrogens is 348 g/mol. The number of rotatable bonds is 3. The monoisotopic (exact) mass is 366 g/mol. The molecule has 2 aliphatic rings. The van der Waals surface area contributed by atoms with Gasteiger partial charge in [0.2, 0.25) is 0 Å². The number of fused-ring (bicyclic) bond motifs is 2. The Morgan fingerprint density at radius 1 is 1.36 bits per heavy atom. The van der Waals surface area contributed by atoms with Crippen LogP contribution in [0.3, 0.4) is 0 Å². The van der Waals surface area contributed by atoms with Crippen molar-refractivity contribution in [2.75, 3.05) is 12.3 Å². The van der Waals surface area contributed by atoms with Gasteiger partial charge in [-0.05, 0) is 13.8 Å². The van der Waals surface area contributed by atoms with Gasteiger partial charge >= 0.3 is 0 Å². The van der Waals surface area contributed by atoms with Crippen LogP contribution in [-0.2, 0) is 14.2 Å². The minimum Gasteiger partial charge on any atom is -0.394 e. The highest BCUT2D eigenvalue weighted by Gasteiger charge is 2.56. The Morgan fingerprint density at radius 3 is 2.76 bits per heavy atom. The lowest BCUT2D eigenvalue weighted by Gasteiger charge is -2.23. The van der Waals surface area contributed by atoms with Gasteiger partial charge in [0.1, 0.15) is 41.1 Å². The predicted octanol–water partition coefficient (Wildman–Crippen LogP) is -0.547. The average Bonchev–Trinajstić information content (AvgIpc) is 3.16. The van der Waals surface area contributed by atoms with Crippen LogP contribution in [0.5, 0.6) is 0 Å². The molecule has 2 aliphatic heterocycles. The fraction of sp³-hybridized carbons (Fsp3) is 0.571. The molecule has 11 heteroatoms. The van der Waals surface area contributed by atoms with E-state index in [0.29, 0.717) is 16.7 Å². The fourth-order valence-corrected chi connectivity index (χ4v) is 3.49. The minimum atomic E-state index is -0.798. The third-order valence-electron chi connectivity index (χ3n) is 4.30. The first-order valence-electron chi connectivity index (χ1n) is 7.73. The number of ether oxygens (including phenoxy) is 3. The Hall–Kier alpha value is -1.92. The maximum absolute atomic E-state index is 9.62. The summed E-state index contributed by atoms with van der Waals surface area (Å²) in [6.07, 6.45) is -0.819. The molecule has 2 saturated heterocycles. The number of thiocarbonyl (C=S) groups is 1. The molecule has 5 N–H and O–H groups in total. The first-order chi connectivity index (χ1) is 11.8. The normalized spacial score (nSPS) is 30.7. The second kappa shape index (κ2) is 5.54. The van der Waals surface area contributed by atoms with Crippen LogP contribution >= 0.6 is 12.2 Å². The van der Waals surface area contributed by atoms with Crippen LogP contribution in [0.4, 0.5) is 5.82 Å². The summed E-state index contributed by atoms with van der Waals surface area (Å²) in [5.74, 6) is -0.579. The lowest BCUT2D eigenvalue weighted by molar-refractivity contribution is -0.201. The number of hydrogen-bond acceptors (Lipinski definition) is 9. The highest BCUT2D eigenvalue weighted by molar-refractivity contribution is 7.80. The summed E-state index contributed by atoms with van der Waals surface area (Å²) in [4.78, 5) is 8.29. The number of nitrogen functional groups attached to an aromatic ring is 1. The minimum absolute atomic E-state index is 0.0717. The molecule has 0 saturated carbocycles. The van der Waals surface area contributed by atoms with Gasteiger partial charge in [0.05, 0.1) is 12.0 Å². The van der Waals surface area contributed by atoms with E-state index < -0.39 is 30.3 Å². The van der Waals surface area contributed by atoms with Crippen molar-refractivity contribution >= 4 is 34.1 Å². The van der Waals surface area contributed by atoms with E-state index in [4.69, 9.17) is 37.9 Å². The van der Waals surface area contributed by atoms with Crippen LogP contribution in [0.1, 0.15) is 25.8 Å². The molecule has 134 valence electrons. The summed E-state index contributed by atoms with van der Waals surface area (Å²) in [5.41, 5.74) is 12.5. The molecule has 0 radical (unpaired) electrons. The van der Waals surface area contributed by atoms with Crippen LogP contribution in [0.25, 0.3) is 11.0 Å². The van der Waals surface area contributed by atoms with Crippen molar-refractivity contribution < 1.29 is 19.3 Å². The maximum Gasteiger partial charge on any atom is 0.181 e. The molecule has 2 aromatic heterocycles. The Balaban J connectivity index is 1.85. The molecule has 0 spiro atoms. The van der Waals surface area contributed by atoms with Crippen molar-refractivity contribution in [3.8, 4) is 0 Å². The number of aliphatic hydroxyl groups is 1. The van der Waals surface area contributed by atoms with Crippen LogP contribution in [0, 0.1) is 0 Å². The number of nitrogens with zero attached hydrogens (tertiary/aromatic N) is 4. The zero-order valence-corrected chi connectivity index (χ0v) is 14.4. The Labute approximate surface area is 148 Å². The molecule has 0 aromatic carbocycles. The van der Waals surface area contributed by atoms with Crippen molar-refractivity contribution in [2.45, 2.75) is 44.2 Å². The second-order valence-corrected chi connectivity index (χ2v) is 6.87. The van der Waals surface area contributed by atoms with E-state index >= 15 is 0 Å². The van der Waals surface area contributed by atoms with Crippen molar-refractivity contribution in [3.63, 3.8) is 0 Å². The quantitative estimate of drug-likeness (QED) is 0.605. The zero-order chi connectivity index (χ0) is 17.9. The van der Waals surface area contributed by atoms with Crippen molar-refractivity contribution in [2.24, 2.45) is 5.73 Å². The van der Waals surface area contributed by atoms with Gasteiger partial charge in [-0.2, -0.15) is 5.10 Å². The molecule has 2 fully saturated rings. The Kier molecular flexibility index (Phi) is 3.67. The highest BCUT2D eigenvalue weighted by atomic mass is 32.1. The van der Waals surface area contributed by atoms with E-state index in [0.717, 1.165) is 0 Å². The van der Waals surface area contributed by atoms with Gasteiger partial charge in [-0.3, -0.25) is 0 Å². The van der Waals surface area contributed by atoms with Gasteiger partial charge in [0.15, 0.2) is 17.7 Å². The summed E-state index contributed by atoms with van der Waals surface area (Å²) in [6.45, 7) is 3.40. The summed E-state index contributed by atoms with van der Waals surface area (Å²) in [5, 5.41) is 14.5. The molecule has 2 aromatic rings. The molecule has 0 aliphatic carbocycles. The molecular formula is C14H18N6O4S. The fourth-order valence-electron chi connectivity index (χ4n) is 3.35. The highest BCUT2D eigenvalue weighted by Crippen LogP contribution is 2.43. The van der Waals surface area contributed by atoms with Gasteiger partial charge in [-0.25, -0.2) is 14.6 Å². The molecule has 10 nitrogen and oxygen atoms in total. The topological polar surface area (TPSA) is 144 Å². The maximum atomic E-state index is 9.62. The molecule has 25 heavy (non-hydrogen) atoms. The predicted molar refractivity (Wildman–Crippen MR) is 90.4 cm³/mol. The first kappa shape index (κ1) is 16.5. The van der Waals surface area contributed by atoms with Crippen molar-refractivity contribution in [3.05, 3.63) is 12.0 Å². The molecule has 4 rings (SSSR count). The summed E-state index contributed by atoms with van der Waals surface area (Å²) < 4.78 is 19.3. The molecule has 0 unspecified atom stereocenters. The third-order valence-corrected chi connectivity index (χ3v) is 4.49. The van der Waals surface area contributed by atoms with E-state index in [9.17, 15) is 5.11 Å². The van der Waals surface area contributed by atoms with Crippen LogP contribution in [-0.4, -0.2) is 60.5 Å². The molecule has 4 atom stereocenters. The van der Waals surface area contributed by atoms with Crippen LogP contribution in [0.15, 0.2) is 6.33 Å². The average molecular weight is 366 g/mol. The lowest BCUT2D eigenvalue weighted by Crippen LogP contribution is -2.31. The lowest BCUT2D eigenvalue weighted by atomic mass is 10.1. The van der Waals surface area contributed by atoms with Gasteiger partial charge in [-0.1, -0.05) is 12.2 Å². The smallest absolute Gasteiger partial charge is 0.181 e. The van der Waals surface area contributed by atoms with Crippen molar-refractivity contribution in [1.29, 1.82) is 0 Å². The zero-order valence-electron chi connectivity index (χ0n) is 13.6. The van der Waals surface area contributed by atoms with Gasteiger partial charge in [0, 0.05) is 0 Å². The number of hydrogen-bond donors (Lipinski definition) is 3. The second-order valence-electron chi connectivity index (χ2n) is 6.43. The van der Waals surface area contributed by atoms with E-state index in [1.54, 1.807) is 13.8 Å². The van der Waals surface area contributed by atoms with E-state index in [-0.39, 0.29) is 17.4 Å². The van der Waals surface area contributed by atoms with Gasteiger partial charge in [-0.15, -0.1) is 0 Å². The third kappa shape index (κ3) is 2.47. The largest absolute Gasteiger partial charge is 0.394 e. The first-order valence-corrected chi connectivity index (χ1v) is 8.13. The summed E-state index contributed by atoms with van der Waals surface area (Å²) in [6, 6.07) is 0.